The van der Waals surface area contributed by atoms with E-state index in [2.05, 4.69) is 10.1 Å². The number of halogens is 1. The zero-order valence-corrected chi connectivity index (χ0v) is 17.9. The van der Waals surface area contributed by atoms with Crippen molar-refractivity contribution in [2.24, 2.45) is 0 Å². The fourth-order valence-corrected chi connectivity index (χ4v) is 5.84. The summed E-state index contributed by atoms with van der Waals surface area (Å²) in [6.07, 6.45) is 1.61. The molecule has 4 aromatic rings. The molecular weight excluding hydrogens is 477 g/mol. The Morgan fingerprint density at radius 2 is 1.78 bits per heavy atom. The number of hydrogen-bond donors (Lipinski definition) is 0. The van der Waals surface area contributed by atoms with E-state index in [0.717, 1.165) is 27.8 Å². The molecule has 0 aliphatic heterocycles. The van der Waals surface area contributed by atoms with E-state index in [4.69, 9.17) is 4.52 Å². The van der Waals surface area contributed by atoms with Crippen molar-refractivity contribution in [1.82, 2.24) is 14.1 Å². The molecule has 8 heteroatoms. The molecule has 0 aliphatic carbocycles. The molecule has 0 saturated heterocycles. The summed E-state index contributed by atoms with van der Waals surface area (Å²) < 4.78 is 33.7. The summed E-state index contributed by atoms with van der Waals surface area (Å²) in [6.45, 7) is 5.62. The molecule has 1 aromatic carbocycles. The summed E-state index contributed by atoms with van der Waals surface area (Å²) in [7, 11) is -3.77. The largest absolute Gasteiger partial charge is 0.361 e. The Morgan fingerprint density at radius 3 is 2.41 bits per heavy atom. The number of hydrogen-bond acceptors (Lipinski definition) is 5. The summed E-state index contributed by atoms with van der Waals surface area (Å²) in [4.78, 5) is 4.60. The van der Waals surface area contributed by atoms with Gasteiger partial charge in [0, 0.05) is 17.1 Å². The van der Waals surface area contributed by atoms with Gasteiger partial charge in [0.25, 0.3) is 10.0 Å². The highest BCUT2D eigenvalue weighted by molar-refractivity contribution is 14.1. The maximum Gasteiger partial charge on any atom is 0.270 e. The molecule has 0 aliphatic rings. The molecule has 0 bridgehead atoms. The third-order valence-electron chi connectivity index (χ3n) is 4.48. The van der Waals surface area contributed by atoms with Crippen molar-refractivity contribution in [3.8, 4) is 11.1 Å². The van der Waals surface area contributed by atoms with Crippen LogP contribution in [0.15, 0.2) is 52.0 Å². The highest BCUT2D eigenvalue weighted by Crippen LogP contribution is 2.35. The number of fused-ring (bicyclic) bond motifs is 1. The lowest BCUT2D eigenvalue weighted by Crippen LogP contribution is -2.15. The van der Waals surface area contributed by atoms with Crippen LogP contribution in [0, 0.1) is 24.5 Å². The summed E-state index contributed by atoms with van der Waals surface area (Å²) >= 11 is 2.03. The van der Waals surface area contributed by atoms with E-state index in [9.17, 15) is 8.42 Å². The summed E-state index contributed by atoms with van der Waals surface area (Å²) in [5, 5.41) is 4.75. The topological polar surface area (TPSA) is 78.0 Å². The third-order valence-corrected chi connectivity index (χ3v) is 7.32. The predicted molar refractivity (Wildman–Crippen MR) is 111 cm³/mol. The van der Waals surface area contributed by atoms with Gasteiger partial charge in [-0.1, -0.05) is 22.9 Å². The minimum absolute atomic E-state index is 0.230. The van der Waals surface area contributed by atoms with Crippen molar-refractivity contribution in [1.29, 1.82) is 0 Å². The van der Waals surface area contributed by atoms with Crippen molar-refractivity contribution in [2.45, 2.75) is 25.7 Å². The zero-order valence-electron chi connectivity index (χ0n) is 14.9. The number of aromatic nitrogens is 3. The number of nitrogens with zero attached hydrogens (tertiary/aromatic N) is 3. The standard InChI is InChI=1S/C19H16IN3O3S/c1-11-4-6-14(7-5-11)27(24,25)23-17(20)10-16-15(8-9-21-19(16)23)18-12(2)22-26-13(18)3/h4-10H,1-3H3. The lowest BCUT2D eigenvalue weighted by molar-refractivity contribution is 0.393. The molecule has 0 fully saturated rings. The number of pyridine rings is 1. The van der Waals surface area contributed by atoms with Gasteiger partial charge in [-0.05, 0) is 73.2 Å². The van der Waals surface area contributed by atoms with Crippen molar-refractivity contribution in [2.75, 3.05) is 0 Å². The van der Waals surface area contributed by atoms with Gasteiger partial charge in [0.1, 0.15) is 5.76 Å². The van der Waals surface area contributed by atoms with Crippen LogP contribution in [0.1, 0.15) is 17.0 Å². The fraction of sp³-hybridized carbons (Fsp3) is 0.158. The van der Waals surface area contributed by atoms with Gasteiger partial charge >= 0.3 is 0 Å². The van der Waals surface area contributed by atoms with Gasteiger partial charge in [-0.15, -0.1) is 0 Å². The first kappa shape index (κ1) is 18.2. The van der Waals surface area contributed by atoms with Gasteiger partial charge in [-0.3, -0.25) is 0 Å². The van der Waals surface area contributed by atoms with Crippen LogP contribution in [0.25, 0.3) is 22.2 Å². The van der Waals surface area contributed by atoms with Gasteiger partial charge in [-0.2, -0.15) is 0 Å². The maximum absolute atomic E-state index is 13.3. The summed E-state index contributed by atoms with van der Waals surface area (Å²) in [6, 6.07) is 10.5. The summed E-state index contributed by atoms with van der Waals surface area (Å²) in [5.41, 5.74) is 3.86. The second-order valence-electron chi connectivity index (χ2n) is 6.34. The quantitative estimate of drug-likeness (QED) is 0.394. The van der Waals surface area contributed by atoms with E-state index in [1.807, 2.05) is 55.5 Å². The van der Waals surface area contributed by atoms with Crippen molar-refractivity contribution in [3.63, 3.8) is 0 Å². The van der Waals surface area contributed by atoms with E-state index in [1.54, 1.807) is 30.5 Å². The molecule has 3 heterocycles. The second kappa shape index (κ2) is 6.45. The molecule has 3 aromatic heterocycles. The summed E-state index contributed by atoms with van der Waals surface area (Å²) in [5.74, 6) is 0.684. The Labute approximate surface area is 170 Å². The first-order chi connectivity index (χ1) is 12.8. The molecule has 4 rings (SSSR count). The van der Waals surface area contributed by atoms with Crippen LogP contribution in [0.3, 0.4) is 0 Å². The number of benzene rings is 1. The van der Waals surface area contributed by atoms with Crippen LogP contribution in [0.5, 0.6) is 0 Å². The van der Waals surface area contributed by atoms with Gasteiger partial charge in [0.2, 0.25) is 0 Å². The molecule has 0 radical (unpaired) electrons. The number of rotatable bonds is 3. The van der Waals surface area contributed by atoms with Crippen LogP contribution < -0.4 is 0 Å². The zero-order chi connectivity index (χ0) is 19.3. The average molecular weight is 493 g/mol. The van der Waals surface area contributed by atoms with Crippen LogP contribution in [-0.4, -0.2) is 22.5 Å². The van der Waals surface area contributed by atoms with Gasteiger partial charge in [-0.25, -0.2) is 17.4 Å². The van der Waals surface area contributed by atoms with Crippen LogP contribution in [0.2, 0.25) is 0 Å². The lowest BCUT2D eigenvalue weighted by atomic mass is 10.0. The van der Waals surface area contributed by atoms with Crippen LogP contribution in [-0.2, 0) is 10.0 Å². The van der Waals surface area contributed by atoms with Crippen LogP contribution in [0.4, 0.5) is 0 Å². The highest BCUT2D eigenvalue weighted by atomic mass is 127. The van der Waals surface area contributed by atoms with E-state index in [1.165, 1.54) is 3.97 Å². The molecule has 6 nitrogen and oxygen atoms in total. The first-order valence-corrected chi connectivity index (χ1v) is 10.7. The third kappa shape index (κ3) is 2.87. The molecule has 0 N–H and O–H groups in total. The predicted octanol–water partition coefficient (Wildman–Crippen LogP) is 4.46. The maximum atomic E-state index is 13.3. The number of aryl methyl sites for hydroxylation is 3. The van der Waals surface area contributed by atoms with Crippen molar-refractivity contribution in [3.05, 3.63) is 63.3 Å². The van der Waals surface area contributed by atoms with E-state index < -0.39 is 10.0 Å². The molecule has 0 unspecified atom stereocenters. The normalized spacial score (nSPS) is 12.0. The average Bonchev–Trinajstić information content (AvgIpc) is 3.14. The van der Waals surface area contributed by atoms with Crippen molar-refractivity contribution >= 4 is 43.6 Å². The first-order valence-electron chi connectivity index (χ1n) is 8.22. The molecule has 0 amide bonds. The van der Waals surface area contributed by atoms with Gasteiger partial charge < -0.3 is 4.52 Å². The van der Waals surface area contributed by atoms with Gasteiger partial charge in [0.15, 0.2) is 5.65 Å². The van der Waals surface area contributed by atoms with E-state index >= 15 is 0 Å². The van der Waals surface area contributed by atoms with E-state index in [-0.39, 0.29) is 4.90 Å². The Hall–Kier alpha value is -2.20. The fourth-order valence-electron chi connectivity index (χ4n) is 3.18. The molecule has 0 spiro atoms. The smallest absolute Gasteiger partial charge is 0.270 e. The minimum atomic E-state index is -3.77. The monoisotopic (exact) mass is 493 g/mol. The lowest BCUT2D eigenvalue weighted by Gasteiger charge is -2.09. The minimum Gasteiger partial charge on any atom is -0.361 e. The molecule has 0 atom stereocenters. The molecule has 138 valence electrons. The van der Waals surface area contributed by atoms with Crippen molar-refractivity contribution < 1.29 is 12.9 Å². The molecular formula is C19H16IN3O3S. The molecule has 27 heavy (non-hydrogen) atoms. The Kier molecular flexibility index (Phi) is 4.34. The van der Waals surface area contributed by atoms with E-state index in [0.29, 0.717) is 15.1 Å². The van der Waals surface area contributed by atoms with Crippen LogP contribution >= 0.6 is 22.6 Å². The Morgan fingerprint density at radius 1 is 1.07 bits per heavy atom. The Bertz CT molecular complexity index is 1250. The van der Waals surface area contributed by atoms with Gasteiger partial charge in [0.05, 0.1) is 14.3 Å². The molecule has 0 saturated carbocycles. The highest BCUT2D eigenvalue weighted by Gasteiger charge is 2.25. The Balaban J connectivity index is 2.00. The second-order valence-corrected chi connectivity index (χ2v) is 9.24. The SMILES string of the molecule is Cc1ccc(S(=O)(=O)n2c(I)cc3c(-c4c(C)noc4C)ccnc32)cc1.